The normalized spacial score (nSPS) is 19.0. The molecule has 1 saturated carbocycles. The first-order valence-corrected chi connectivity index (χ1v) is 14.1. The van der Waals surface area contributed by atoms with Gasteiger partial charge in [-0.1, -0.05) is 25.3 Å². The first-order chi connectivity index (χ1) is 17.1. The van der Waals surface area contributed by atoms with E-state index in [9.17, 15) is 22.7 Å². The fourth-order valence-corrected chi connectivity index (χ4v) is 6.14. The Morgan fingerprint density at radius 1 is 1.14 bits per heavy atom. The number of piperazine rings is 1. The van der Waals surface area contributed by atoms with Crippen molar-refractivity contribution in [1.29, 1.82) is 0 Å². The Kier molecular flexibility index (Phi) is 8.01. The topological polar surface area (TPSA) is 105 Å². The largest absolute Gasteiger partial charge is 0.486 e. The molecule has 1 aromatic carbocycles. The van der Waals surface area contributed by atoms with Gasteiger partial charge in [0, 0.05) is 32.6 Å². The third kappa shape index (κ3) is 5.73. The highest BCUT2D eigenvalue weighted by Gasteiger charge is 2.32. The van der Waals surface area contributed by atoms with Crippen molar-refractivity contribution in [3.8, 4) is 11.4 Å². The maximum atomic E-state index is 13.8. The standard InChI is InChI=1S/C25H35FN4O5S/c1-19(2)36(33,34)29-14-12-28(13-15-29)22-18-27-30(21-8-6-7-20(26)17-21)24(31)23(22)35-16-11-25(32)9-4-3-5-10-25/h6-8,17-19,32H,3-5,9-16H2,1-2H3. The van der Waals surface area contributed by atoms with E-state index in [-0.39, 0.29) is 31.1 Å². The van der Waals surface area contributed by atoms with Crippen LogP contribution in [-0.2, 0) is 10.0 Å². The molecule has 0 radical (unpaired) electrons. The molecule has 198 valence electrons. The molecule has 2 heterocycles. The van der Waals surface area contributed by atoms with Crippen LogP contribution in [0.2, 0.25) is 0 Å². The SMILES string of the molecule is CC(C)S(=O)(=O)N1CCN(c2cnn(-c3cccc(F)c3)c(=O)c2OCCC2(O)CCCCC2)CC1. The highest BCUT2D eigenvalue weighted by atomic mass is 32.2. The minimum Gasteiger partial charge on any atom is -0.486 e. The molecule has 36 heavy (non-hydrogen) atoms. The lowest BCUT2D eigenvalue weighted by molar-refractivity contribution is -0.0137. The fourth-order valence-electron chi connectivity index (χ4n) is 4.87. The highest BCUT2D eigenvalue weighted by Crippen LogP contribution is 2.32. The van der Waals surface area contributed by atoms with Crippen LogP contribution < -0.4 is 15.2 Å². The molecule has 1 aromatic heterocycles. The van der Waals surface area contributed by atoms with Crippen molar-refractivity contribution in [2.24, 2.45) is 0 Å². The molecule has 1 aliphatic carbocycles. The molecular weight excluding hydrogens is 487 g/mol. The first kappa shape index (κ1) is 26.6. The fraction of sp³-hybridized carbons (Fsp3) is 0.600. The maximum Gasteiger partial charge on any atom is 0.316 e. The van der Waals surface area contributed by atoms with Gasteiger partial charge in [-0.2, -0.15) is 14.1 Å². The first-order valence-electron chi connectivity index (χ1n) is 12.6. The second-order valence-corrected chi connectivity index (χ2v) is 12.4. The van der Waals surface area contributed by atoms with Crippen LogP contribution >= 0.6 is 0 Å². The Bertz CT molecular complexity index is 1220. The number of hydrogen-bond donors (Lipinski definition) is 1. The summed E-state index contributed by atoms with van der Waals surface area (Å²) < 4.78 is 47.5. The number of anilines is 1. The minimum absolute atomic E-state index is 0.0637. The monoisotopic (exact) mass is 522 g/mol. The van der Waals surface area contributed by atoms with Gasteiger partial charge in [-0.25, -0.2) is 12.8 Å². The van der Waals surface area contributed by atoms with E-state index >= 15 is 0 Å². The molecule has 0 unspecified atom stereocenters. The summed E-state index contributed by atoms with van der Waals surface area (Å²) in [6.45, 7) is 4.77. The van der Waals surface area contributed by atoms with E-state index in [2.05, 4.69) is 5.10 Å². The average molecular weight is 523 g/mol. The predicted octanol–water partition coefficient (Wildman–Crippen LogP) is 2.70. The minimum atomic E-state index is -3.37. The summed E-state index contributed by atoms with van der Waals surface area (Å²) in [5.74, 6) is -0.427. The second kappa shape index (κ2) is 10.9. The van der Waals surface area contributed by atoms with Gasteiger partial charge in [0.25, 0.3) is 0 Å². The highest BCUT2D eigenvalue weighted by molar-refractivity contribution is 7.89. The van der Waals surface area contributed by atoms with Crippen molar-refractivity contribution >= 4 is 15.7 Å². The number of ether oxygens (including phenoxy) is 1. The Morgan fingerprint density at radius 2 is 1.83 bits per heavy atom. The van der Waals surface area contributed by atoms with Gasteiger partial charge in [0.2, 0.25) is 15.8 Å². The number of halogens is 1. The summed E-state index contributed by atoms with van der Waals surface area (Å²) in [5, 5.41) is 14.6. The molecule has 0 spiro atoms. The molecule has 0 atom stereocenters. The Hall–Kier alpha value is -2.50. The zero-order valence-electron chi connectivity index (χ0n) is 20.9. The summed E-state index contributed by atoms with van der Waals surface area (Å²) in [7, 11) is -3.37. The lowest BCUT2D eigenvalue weighted by atomic mass is 9.83. The third-order valence-electron chi connectivity index (χ3n) is 7.10. The molecular formula is C25H35FN4O5S. The summed E-state index contributed by atoms with van der Waals surface area (Å²) >= 11 is 0. The number of benzene rings is 1. The molecule has 2 fully saturated rings. The van der Waals surface area contributed by atoms with Crippen molar-refractivity contribution in [2.45, 2.75) is 63.2 Å². The molecule has 1 N–H and O–H groups in total. The summed E-state index contributed by atoms with van der Waals surface area (Å²) in [6, 6.07) is 5.59. The van der Waals surface area contributed by atoms with Crippen LogP contribution in [0.3, 0.4) is 0 Å². The smallest absolute Gasteiger partial charge is 0.316 e. The summed E-state index contributed by atoms with van der Waals surface area (Å²) in [6.07, 6.45) is 6.35. The van der Waals surface area contributed by atoms with Gasteiger partial charge in [-0.05, 0) is 44.9 Å². The van der Waals surface area contributed by atoms with Crippen LogP contribution in [0.5, 0.6) is 5.75 Å². The molecule has 2 aliphatic rings. The van der Waals surface area contributed by atoms with E-state index in [4.69, 9.17) is 4.74 Å². The molecule has 2 aromatic rings. The van der Waals surface area contributed by atoms with Gasteiger partial charge < -0.3 is 14.7 Å². The number of aliphatic hydroxyl groups is 1. The van der Waals surface area contributed by atoms with E-state index in [1.165, 1.54) is 28.7 Å². The van der Waals surface area contributed by atoms with Gasteiger partial charge >= 0.3 is 5.56 Å². The molecule has 1 aliphatic heterocycles. The van der Waals surface area contributed by atoms with Crippen LogP contribution in [0.1, 0.15) is 52.4 Å². The molecule has 4 rings (SSSR count). The van der Waals surface area contributed by atoms with Gasteiger partial charge in [0.05, 0.1) is 29.3 Å². The Balaban J connectivity index is 1.60. The van der Waals surface area contributed by atoms with Crippen molar-refractivity contribution in [1.82, 2.24) is 14.1 Å². The van der Waals surface area contributed by atoms with E-state index in [1.54, 1.807) is 19.9 Å². The Labute approximate surface area is 211 Å². The van der Waals surface area contributed by atoms with Gasteiger partial charge in [0.15, 0.2) is 0 Å². The maximum absolute atomic E-state index is 13.8. The van der Waals surface area contributed by atoms with Gasteiger partial charge in [-0.3, -0.25) is 4.79 Å². The van der Waals surface area contributed by atoms with E-state index in [0.29, 0.717) is 38.0 Å². The van der Waals surface area contributed by atoms with E-state index < -0.39 is 32.3 Å². The van der Waals surface area contributed by atoms with Gasteiger partial charge in [-0.15, -0.1) is 0 Å². The van der Waals surface area contributed by atoms with Crippen molar-refractivity contribution in [3.05, 3.63) is 46.6 Å². The summed E-state index contributed by atoms with van der Waals surface area (Å²) in [4.78, 5) is 15.4. The van der Waals surface area contributed by atoms with Crippen molar-refractivity contribution in [3.63, 3.8) is 0 Å². The lowest BCUT2D eigenvalue weighted by Gasteiger charge is -2.36. The van der Waals surface area contributed by atoms with E-state index in [1.807, 2.05) is 4.90 Å². The van der Waals surface area contributed by atoms with Crippen LogP contribution in [0, 0.1) is 5.82 Å². The van der Waals surface area contributed by atoms with Crippen molar-refractivity contribution < 1.29 is 22.7 Å². The Morgan fingerprint density at radius 3 is 2.47 bits per heavy atom. The van der Waals surface area contributed by atoms with Crippen LogP contribution in [-0.4, -0.2) is 71.2 Å². The number of aromatic nitrogens is 2. The molecule has 1 saturated heterocycles. The lowest BCUT2D eigenvalue weighted by Crippen LogP contribution is -2.50. The van der Waals surface area contributed by atoms with Crippen LogP contribution in [0.15, 0.2) is 35.3 Å². The summed E-state index contributed by atoms with van der Waals surface area (Å²) in [5.41, 5.74) is -0.602. The van der Waals surface area contributed by atoms with Crippen molar-refractivity contribution in [2.75, 3.05) is 37.7 Å². The number of sulfonamides is 1. The molecule has 0 bridgehead atoms. The molecule has 11 heteroatoms. The van der Waals surface area contributed by atoms with Crippen LogP contribution in [0.25, 0.3) is 5.69 Å². The third-order valence-corrected chi connectivity index (χ3v) is 9.38. The molecule has 9 nitrogen and oxygen atoms in total. The molecule has 0 amide bonds. The zero-order chi connectivity index (χ0) is 25.9. The van der Waals surface area contributed by atoms with Crippen LogP contribution in [0.4, 0.5) is 10.1 Å². The quantitative estimate of drug-likeness (QED) is 0.568. The predicted molar refractivity (Wildman–Crippen MR) is 136 cm³/mol. The number of rotatable bonds is 8. The zero-order valence-corrected chi connectivity index (χ0v) is 21.7. The second-order valence-electron chi connectivity index (χ2n) is 9.92. The number of nitrogens with zero attached hydrogens (tertiary/aromatic N) is 4. The van der Waals surface area contributed by atoms with E-state index in [0.717, 1.165) is 23.9 Å². The van der Waals surface area contributed by atoms with Gasteiger partial charge in [0.1, 0.15) is 11.5 Å². The number of hydrogen-bond acceptors (Lipinski definition) is 7. The average Bonchev–Trinajstić information content (AvgIpc) is 2.85.